The predicted octanol–water partition coefficient (Wildman–Crippen LogP) is 1.20. The van der Waals surface area contributed by atoms with E-state index in [1.165, 1.54) is 4.80 Å². The number of benzene rings is 1. The van der Waals surface area contributed by atoms with Crippen LogP contribution in [0.3, 0.4) is 0 Å². The average molecular weight is 331 g/mol. The fourth-order valence-corrected chi connectivity index (χ4v) is 1.98. The summed E-state index contributed by atoms with van der Waals surface area (Å²) in [6, 6.07) is 7.57. The molecule has 1 heterocycles. The van der Waals surface area contributed by atoms with Crippen molar-refractivity contribution in [3.05, 3.63) is 41.9 Å². The molecule has 0 saturated heterocycles. The van der Waals surface area contributed by atoms with Crippen molar-refractivity contribution in [3.8, 4) is 5.75 Å². The van der Waals surface area contributed by atoms with E-state index in [0.29, 0.717) is 6.54 Å². The van der Waals surface area contributed by atoms with Crippen LogP contribution in [0.25, 0.3) is 5.57 Å². The molecule has 8 heteroatoms. The fourth-order valence-electron chi connectivity index (χ4n) is 1.98. The Bertz CT molecular complexity index is 707. The summed E-state index contributed by atoms with van der Waals surface area (Å²) >= 11 is 0. The molecule has 2 aromatic rings. The van der Waals surface area contributed by atoms with Gasteiger partial charge < -0.3 is 14.4 Å². The van der Waals surface area contributed by atoms with Gasteiger partial charge in [0, 0.05) is 20.3 Å². The second-order valence-electron chi connectivity index (χ2n) is 5.22. The zero-order valence-electron chi connectivity index (χ0n) is 14.3. The molecule has 0 fully saturated rings. The first-order valence-electron chi connectivity index (χ1n) is 7.50. The molecule has 0 unspecified atom stereocenters. The van der Waals surface area contributed by atoms with Crippen LogP contribution in [0.5, 0.6) is 5.75 Å². The van der Waals surface area contributed by atoms with Crippen LogP contribution >= 0.6 is 0 Å². The van der Waals surface area contributed by atoms with E-state index in [1.807, 2.05) is 24.3 Å². The van der Waals surface area contributed by atoms with Crippen molar-refractivity contribution in [2.24, 2.45) is 0 Å². The third kappa shape index (κ3) is 4.55. The quantitative estimate of drug-likeness (QED) is 0.557. The molecule has 2 rings (SSSR count). The Morgan fingerprint density at radius 1 is 1.29 bits per heavy atom. The summed E-state index contributed by atoms with van der Waals surface area (Å²) in [6.07, 6.45) is 1.62. The molecular weight excluding hydrogens is 310 g/mol. The van der Waals surface area contributed by atoms with Crippen LogP contribution in [0, 0.1) is 0 Å². The highest BCUT2D eigenvalue weighted by Gasteiger charge is 2.19. The SMILES string of the molecule is CCOC(=O)/C(=C/N(C)C)c1nnn(Cc2ccc(OC)cc2)n1. The van der Waals surface area contributed by atoms with Gasteiger partial charge in [-0.3, -0.25) is 0 Å². The molecule has 0 saturated carbocycles. The smallest absolute Gasteiger partial charge is 0.343 e. The van der Waals surface area contributed by atoms with Gasteiger partial charge in [-0.15, -0.1) is 10.2 Å². The first-order chi connectivity index (χ1) is 11.5. The third-order valence-electron chi connectivity index (χ3n) is 3.06. The van der Waals surface area contributed by atoms with Crippen molar-refractivity contribution in [2.45, 2.75) is 13.5 Å². The van der Waals surface area contributed by atoms with Gasteiger partial charge in [-0.25, -0.2) is 4.79 Å². The number of aromatic nitrogens is 4. The number of rotatable bonds is 7. The van der Waals surface area contributed by atoms with Crippen molar-refractivity contribution >= 4 is 11.5 Å². The van der Waals surface area contributed by atoms with Crippen molar-refractivity contribution < 1.29 is 14.3 Å². The van der Waals surface area contributed by atoms with Crippen LogP contribution < -0.4 is 4.74 Å². The molecule has 8 nitrogen and oxygen atoms in total. The molecular formula is C16H21N5O3. The Morgan fingerprint density at radius 2 is 2.00 bits per heavy atom. The van der Waals surface area contributed by atoms with E-state index in [2.05, 4.69) is 15.4 Å². The lowest BCUT2D eigenvalue weighted by Gasteiger charge is -2.08. The molecule has 0 spiro atoms. The number of esters is 1. The highest BCUT2D eigenvalue weighted by Crippen LogP contribution is 2.14. The number of carbonyl (C=O) groups excluding carboxylic acids is 1. The van der Waals surface area contributed by atoms with Gasteiger partial charge >= 0.3 is 5.97 Å². The number of nitrogens with zero attached hydrogens (tertiary/aromatic N) is 5. The molecule has 0 amide bonds. The van der Waals surface area contributed by atoms with Gasteiger partial charge in [-0.05, 0) is 29.8 Å². The summed E-state index contributed by atoms with van der Waals surface area (Å²) in [4.78, 5) is 15.2. The molecule has 1 aromatic carbocycles. The highest BCUT2D eigenvalue weighted by molar-refractivity contribution is 6.15. The second-order valence-corrected chi connectivity index (χ2v) is 5.22. The van der Waals surface area contributed by atoms with E-state index in [-0.39, 0.29) is 18.0 Å². The third-order valence-corrected chi connectivity index (χ3v) is 3.06. The lowest BCUT2D eigenvalue weighted by molar-refractivity contribution is -0.136. The van der Waals surface area contributed by atoms with Gasteiger partial charge in [0.1, 0.15) is 11.3 Å². The number of methoxy groups -OCH3 is 1. The molecule has 0 aliphatic rings. The van der Waals surface area contributed by atoms with Gasteiger partial charge in [0.2, 0.25) is 5.82 Å². The van der Waals surface area contributed by atoms with Crippen molar-refractivity contribution in [3.63, 3.8) is 0 Å². The van der Waals surface area contributed by atoms with Gasteiger partial charge in [-0.2, -0.15) is 4.80 Å². The van der Waals surface area contributed by atoms with Gasteiger partial charge in [0.15, 0.2) is 0 Å². The summed E-state index contributed by atoms with van der Waals surface area (Å²) in [7, 11) is 5.23. The maximum Gasteiger partial charge on any atom is 0.343 e. The van der Waals surface area contributed by atoms with Crippen LogP contribution in [0.1, 0.15) is 18.3 Å². The number of hydrogen-bond donors (Lipinski definition) is 0. The highest BCUT2D eigenvalue weighted by atomic mass is 16.5. The van der Waals surface area contributed by atoms with Crippen LogP contribution in [0.2, 0.25) is 0 Å². The molecule has 0 bridgehead atoms. The van der Waals surface area contributed by atoms with E-state index >= 15 is 0 Å². The number of carbonyl (C=O) groups is 1. The van der Waals surface area contributed by atoms with Crippen molar-refractivity contribution in [1.29, 1.82) is 0 Å². The Labute approximate surface area is 140 Å². The molecule has 0 N–H and O–H groups in total. The maximum absolute atomic E-state index is 12.1. The standard InChI is InChI=1S/C16H21N5O3/c1-5-24-16(22)14(11-20(2)3)15-17-19-21(18-15)10-12-6-8-13(23-4)9-7-12/h6-9,11H,5,10H2,1-4H3/b14-11+. The largest absolute Gasteiger partial charge is 0.497 e. The molecule has 0 radical (unpaired) electrons. The molecule has 0 aliphatic carbocycles. The summed E-state index contributed by atoms with van der Waals surface area (Å²) in [6.45, 7) is 2.47. The first kappa shape index (κ1) is 17.5. The lowest BCUT2D eigenvalue weighted by Crippen LogP contribution is -2.13. The van der Waals surface area contributed by atoms with Crippen LogP contribution in [0.4, 0.5) is 0 Å². The Hall–Kier alpha value is -2.90. The minimum atomic E-state index is -0.477. The second kappa shape index (κ2) is 8.09. The van der Waals surface area contributed by atoms with Crippen LogP contribution in [-0.2, 0) is 16.1 Å². The lowest BCUT2D eigenvalue weighted by atomic mass is 10.2. The normalized spacial score (nSPS) is 11.2. The summed E-state index contributed by atoms with van der Waals surface area (Å²) < 4.78 is 10.2. The molecule has 0 atom stereocenters. The van der Waals surface area contributed by atoms with Crippen LogP contribution in [-0.4, -0.2) is 58.9 Å². The number of ether oxygens (including phenoxy) is 2. The van der Waals surface area contributed by atoms with E-state index in [4.69, 9.17) is 9.47 Å². The zero-order chi connectivity index (χ0) is 17.5. The molecule has 0 aliphatic heterocycles. The van der Waals surface area contributed by atoms with E-state index < -0.39 is 5.97 Å². The molecule has 1 aromatic heterocycles. The molecule has 128 valence electrons. The monoisotopic (exact) mass is 331 g/mol. The summed E-state index contributed by atoms with van der Waals surface area (Å²) in [5, 5.41) is 12.2. The van der Waals surface area contributed by atoms with Gasteiger partial charge in [-0.1, -0.05) is 12.1 Å². The van der Waals surface area contributed by atoms with Crippen LogP contribution in [0.15, 0.2) is 30.5 Å². The van der Waals surface area contributed by atoms with Crippen molar-refractivity contribution in [1.82, 2.24) is 25.1 Å². The van der Waals surface area contributed by atoms with Gasteiger partial charge in [0.25, 0.3) is 0 Å². The Balaban J connectivity index is 2.18. The summed E-state index contributed by atoms with van der Waals surface area (Å²) in [5.41, 5.74) is 1.26. The fraction of sp³-hybridized carbons (Fsp3) is 0.375. The topological polar surface area (TPSA) is 82.4 Å². The maximum atomic E-state index is 12.1. The predicted molar refractivity (Wildman–Crippen MR) is 88.2 cm³/mol. The average Bonchev–Trinajstić information content (AvgIpc) is 3.01. The van der Waals surface area contributed by atoms with Crippen molar-refractivity contribution in [2.75, 3.05) is 27.8 Å². The number of tetrazole rings is 1. The van der Waals surface area contributed by atoms with E-state index in [9.17, 15) is 4.79 Å². The first-order valence-corrected chi connectivity index (χ1v) is 7.50. The Morgan fingerprint density at radius 3 is 2.58 bits per heavy atom. The number of hydrogen-bond acceptors (Lipinski definition) is 7. The Kier molecular flexibility index (Phi) is 5.89. The minimum absolute atomic E-state index is 0.232. The minimum Gasteiger partial charge on any atom is -0.497 e. The zero-order valence-corrected chi connectivity index (χ0v) is 14.3. The molecule has 24 heavy (non-hydrogen) atoms. The van der Waals surface area contributed by atoms with E-state index in [1.54, 1.807) is 39.2 Å². The summed E-state index contributed by atoms with van der Waals surface area (Å²) in [5.74, 6) is 0.537. The van der Waals surface area contributed by atoms with Gasteiger partial charge in [0.05, 0.1) is 20.3 Å². The van der Waals surface area contributed by atoms with E-state index in [0.717, 1.165) is 11.3 Å².